The minimum Gasteiger partial charge on any atom is -0.504 e. The molecule has 2 aliphatic rings. The van der Waals surface area contributed by atoms with Gasteiger partial charge in [-0.1, -0.05) is 0 Å². The van der Waals surface area contributed by atoms with Crippen LogP contribution in [0, 0.1) is 0 Å². The van der Waals surface area contributed by atoms with E-state index in [1.807, 2.05) is 0 Å². The van der Waals surface area contributed by atoms with E-state index in [9.17, 15) is 50.8 Å². The van der Waals surface area contributed by atoms with Gasteiger partial charge in [-0.3, -0.25) is 4.79 Å². The Morgan fingerprint density at radius 2 is 1.38 bits per heavy atom. The smallest absolute Gasteiger partial charge is 0.239 e. The lowest BCUT2D eigenvalue weighted by molar-refractivity contribution is -0.352. The molecule has 2 saturated heterocycles. The summed E-state index contributed by atoms with van der Waals surface area (Å²) in [6.07, 6.45) is -17.6. The molecule has 10 unspecified atom stereocenters. The third-order valence-corrected chi connectivity index (χ3v) is 8.10. The van der Waals surface area contributed by atoms with Crippen LogP contribution in [0.5, 0.6) is 34.5 Å². The quantitative estimate of drug-likeness (QED) is 0.111. The van der Waals surface area contributed by atoms with E-state index in [1.54, 1.807) is 0 Å². The van der Waals surface area contributed by atoms with Crippen molar-refractivity contribution in [1.29, 1.82) is 0 Å². The number of aromatic hydroxyl groups is 2. The van der Waals surface area contributed by atoms with E-state index < -0.39 is 96.9 Å². The summed E-state index contributed by atoms with van der Waals surface area (Å²) in [6, 6.07) is 5.18. The zero-order valence-corrected chi connectivity index (χ0v) is 25.7. The first kappa shape index (κ1) is 35.4. The van der Waals surface area contributed by atoms with Crippen LogP contribution in [0.15, 0.2) is 33.5 Å². The molecule has 264 valence electrons. The Kier molecular flexibility index (Phi) is 10.5. The Morgan fingerprint density at radius 3 is 2.00 bits per heavy atom. The molecule has 1 aromatic heterocycles. The lowest BCUT2D eigenvalue weighted by Crippen LogP contribution is -2.65. The van der Waals surface area contributed by atoms with Gasteiger partial charge in [-0.25, -0.2) is 0 Å². The first-order chi connectivity index (χ1) is 22.9. The summed E-state index contributed by atoms with van der Waals surface area (Å²) in [5, 5.41) is 93.1. The molecule has 3 heterocycles. The first-order valence-electron chi connectivity index (χ1n) is 14.5. The molecule has 2 fully saturated rings. The standard InChI is InChI=1S/C30H36O18/c1-41-12-6-10(4-5-11(12)33)25-28(20(36)17-13(44-25)7-14(42-2)26(43-3)19(17)35)48-30-24(40)22(38)27(16(9-32)46-30)47-29-23(39)21(37)18(34)15(8-31)45-29/h4-7,15-16,18,21-24,27,29-35,37-40H,8-9H2,1-3H3. The number of ether oxygens (including phenoxy) is 7. The van der Waals surface area contributed by atoms with Crippen molar-refractivity contribution in [3.63, 3.8) is 0 Å². The van der Waals surface area contributed by atoms with Gasteiger partial charge in [-0.15, -0.1) is 0 Å². The predicted octanol–water partition coefficient (Wildman–Crippen LogP) is -2.10. The van der Waals surface area contributed by atoms with E-state index in [0.29, 0.717) is 0 Å². The van der Waals surface area contributed by atoms with E-state index >= 15 is 0 Å². The van der Waals surface area contributed by atoms with Gasteiger partial charge in [-0.05, 0) is 18.2 Å². The average Bonchev–Trinajstić information content (AvgIpc) is 3.08. The Bertz CT molecular complexity index is 1660. The van der Waals surface area contributed by atoms with Crippen molar-refractivity contribution in [3.05, 3.63) is 34.5 Å². The summed E-state index contributed by atoms with van der Waals surface area (Å²) in [4.78, 5) is 14.0. The summed E-state index contributed by atoms with van der Waals surface area (Å²) in [7, 11) is 3.81. The third kappa shape index (κ3) is 6.18. The molecule has 0 spiro atoms. The van der Waals surface area contributed by atoms with Crippen molar-refractivity contribution < 1.29 is 83.5 Å². The zero-order chi connectivity index (χ0) is 35.0. The normalized spacial score (nSPS) is 30.6. The molecule has 18 heteroatoms. The molecule has 10 atom stereocenters. The maximum Gasteiger partial charge on any atom is 0.239 e. The third-order valence-electron chi connectivity index (χ3n) is 8.10. The van der Waals surface area contributed by atoms with Crippen molar-refractivity contribution in [2.75, 3.05) is 34.5 Å². The number of hydrogen-bond donors (Lipinski definition) is 9. The van der Waals surface area contributed by atoms with Crippen LogP contribution in [-0.2, 0) is 14.2 Å². The number of benzene rings is 2. The SMILES string of the molecule is COc1cc(-c2oc3cc(OC)c(OC)c(O)c3c(=O)c2OC2OC(CO)C(OC3OC(CO)C(O)C(O)C3O)C(O)C2O)ccc1O. The Balaban J connectivity index is 1.55. The van der Waals surface area contributed by atoms with Crippen molar-refractivity contribution in [1.82, 2.24) is 0 Å². The zero-order valence-electron chi connectivity index (χ0n) is 25.7. The number of rotatable bonds is 10. The van der Waals surface area contributed by atoms with Crippen molar-refractivity contribution in [3.8, 4) is 45.8 Å². The Hall–Kier alpha value is -3.95. The van der Waals surface area contributed by atoms with Gasteiger partial charge in [0.2, 0.25) is 23.2 Å². The van der Waals surface area contributed by atoms with Crippen LogP contribution >= 0.6 is 0 Å². The van der Waals surface area contributed by atoms with Gasteiger partial charge >= 0.3 is 0 Å². The second kappa shape index (κ2) is 14.3. The summed E-state index contributed by atoms with van der Waals surface area (Å²) >= 11 is 0. The molecule has 9 N–H and O–H groups in total. The molecule has 2 aromatic carbocycles. The van der Waals surface area contributed by atoms with Gasteiger partial charge in [-0.2, -0.15) is 0 Å². The maximum absolute atomic E-state index is 14.0. The molecule has 0 saturated carbocycles. The van der Waals surface area contributed by atoms with Crippen LogP contribution in [0.1, 0.15) is 0 Å². The van der Waals surface area contributed by atoms with Crippen LogP contribution in [-0.4, -0.2) is 142 Å². The summed E-state index contributed by atoms with van der Waals surface area (Å²) in [5.41, 5.74) is -1.07. The van der Waals surface area contributed by atoms with Crippen LogP contribution in [0.3, 0.4) is 0 Å². The minimum absolute atomic E-state index is 0.0129. The molecule has 2 aliphatic heterocycles. The minimum atomic E-state index is -2.03. The lowest BCUT2D eigenvalue weighted by Gasteiger charge is -2.45. The fourth-order valence-electron chi connectivity index (χ4n) is 5.51. The van der Waals surface area contributed by atoms with Gasteiger partial charge in [0, 0.05) is 11.6 Å². The highest BCUT2D eigenvalue weighted by molar-refractivity contribution is 5.91. The van der Waals surface area contributed by atoms with Crippen LogP contribution in [0.2, 0.25) is 0 Å². The molecular weight excluding hydrogens is 648 g/mol. The second-order valence-corrected chi connectivity index (χ2v) is 10.9. The highest BCUT2D eigenvalue weighted by Crippen LogP contribution is 2.45. The number of phenolic OH excluding ortho intramolecular Hbond substituents is 2. The molecule has 0 amide bonds. The van der Waals surface area contributed by atoms with Crippen LogP contribution in [0.4, 0.5) is 0 Å². The fraction of sp³-hybridized carbons (Fsp3) is 0.500. The molecule has 3 aromatic rings. The van der Waals surface area contributed by atoms with E-state index in [2.05, 4.69) is 0 Å². The molecular formula is C30H36O18. The Morgan fingerprint density at radius 1 is 0.729 bits per heavy atom. The summed E-state index contributed by atoms with van der Waals surface area (Å²) < 4.78 is 44.0. The predicted molar refractivity (Wildman–Crippen MR) is 158 cm³/mol. The van der Waals surface area contributed by atoms with Gasteiger partial charge in [0.1, 0.15) is 59.8 Å². The molecule has 48 heavy (non-hydrogen) atoms. The molecule has 0 radical (unpaired) electrons. The Labute approximate surface area is 271 Å². The molecule has 0 bridgehead atoms. The van der Waals surface area contributed by atoms with E-state index in [1.165, 1.54) is 45.6 Å². The van der Waals surface area contributed by atoms with Crippen LogP contribution < -0.4 is 24.4 Å². The van der Waals surface area contributed by atoms with Gasteiger partial charge in [0.15, 0.2) is 35.0 Å². The van der Waals surface area contributed by atoms with Gasteiger partial charge in [0.05, 0.1) is 34.5 Å². The summed E-state index contributed by atoms with van der Waals surface area (Å²) in [6.45, 7) is -1.65. The highest BCUT2D eigenvalue weighted by Gasteiger charge is 2.51. The maximum atomic E-state index is 14.0. The van der Waals surface area contributed by atoms with Gasteiger partial charge < -0.3 is 83.5 Å². The number of fused-ring (bicyclic) bond motifs is 1. The number of phenols is 2. The highest BCUT2D eigenvalue weighted by atomic mass is 16.7. The molecule has 0 aliphatic carbocycles. The average molecular weight is 685 g/mol. The van der Waals surface area contributed by atoms with E-state index in [4.69, 9.17) is 37.6 Å². The van der Waals surface area contributed by atoms with Crippen molar-refractivity contribution >= 4 is 11.0 Å². The first-order valence-corrected chi connectivity index (χ1v) is 14.5. The number of methoxy groups -OCH3 is 3. The van der Waals surface area contributed by atoms with Crippen molar-refractivity contribution in [2.24, 2.45) is 0 Å². The topological polar surface area (TPSA) is 277 Å². The van der Waals surface area contributed by atoms with E-state index in [0.717, 1.165) is 0 Å². The number of aliphatic hydroxyl groups excluding tert-OH is 7. The van der Waals surface area contributed by atoms with E-state index in [-0.39, 0.29) is 39.9 Å². The lowest BCUT2D eigenvalue weighted by atomic mass is 9.97. The number of aliphatic hydroxyl groups is 7. The number of hydrogen-bond acceptors (Lipinski definition) is 18. The van der Waals surface area contributed by atoms with Gasteiger partial charge in [0.25, 0.3) is 0 Å². The molecule has 5 rings (SSSR count). The summed E-state index contributed by atoms with van der Waals surface area (Å²) in [5.74, 6) is -2.09. The monoisotopic (exact) mass is 684 g/mol. The molecule has 18 nitrogen and oxygen atoms in total. The fourth-order valence-corrected chi connectivity index (χ4v) is 5.51. The van der Waals surface area contributed by atoms with Crippen LogP contribution in [0.25, 0.3) is 22.3 Å². The second-order valence-electron chi connectivity index (χ2n) is 10.9. The largest absolute Gasteiger partial charge is 0.504 e. The van der Waals surface area contributed by atoms with Crippen molar-refractivity contribution in [2.45, 2.75) is 61.4 Å².